The number of hydrogen-bond acceptors (Lipinski definition) is 4. The third kappa shape index (κ3) is 4.07. The maximum Gasteiger partial charge on any atom is 0.273 e. The van der Waals surface area contributed by atoms with Crippen LogP contribution < -0.4 is 10.4 Å². The molecule has 0 aliphatic carbocycles. The van der Waals surface area contributed by atoms with Gasteiger partial charge in [-0.1, -0.05) is 35.9 Å². The van der Waals surface area contributed by atoms with Gasteiger partial charge in [0.2, 0.25) is 0 Å². The molecule has 4 rings (SSSR count). The van der Waals surface area contributed by atoms with Crippen molar-refractivity contribution < 1.29 is 4.79 Å². The number of pyridine rings is 1. The lowest BCUT2D eigenvalue weighted by Gasteiger charge is -2.23. The molecule has 0 radical (unpaired) electrons. The van der Waals surface area contributed by atoms with Gasteiger partial charge in [0.15, 0.2) is 0 Å². The van der Waals surface area contributed by atoms with Crippen molar-refractivity contribution in [1.29, 1.82) is 0 Å². The molecule has 0 saturated heterocycles. The molecule has 0 saturated carbocycles. The van der Waals surface area contributed by atoms with Crippen molar-refractivity contribution in [2.45, 2.75) is 13.8 Å². The number of benzene rings is 2. The fraction of sp³-hybridized carbons (Fsp3) is 0.125. The highest BCUT2D eigenvalue weighted by Crippen LogP contribution is 2.23. The van der Waals surface area contributed by atoms with Crippen LogP contribution >= 0.6 is 0 Å². The van der Waals surface area contributed by atoms with E-state index in [0.29, 0.717) is 17.8 Å². The monoisotopic (exact) mass is 397 g/mol. The molecule has 0 unspecified atom stereocenters. The van der Waals surface area contributed by atoms with E-state index in [2.05, 4.69) is 15.5 Å². The van der Waals surface area contributed by atoms with Gasteiger partial charge < -0.3 is 0 Å². The van der Waals surface area contributed by atoms with Crippen molar-refractivity contribution in [3.05, 3.63) is 96.4 Å². The Morgan fingerprint density at radius 3 is 2.47 bits per heavy atom. The first-order chi connectivity index (χ1) is 14.7. The minimum atomic E-state index is -0.224. The first kappa shape index (κ1) is 19.4. The SMILES string of the molecule is CCN(NC(=O)c1cn(-c2ccccc2)nc1-c1cccnc1)c1ccc(C)cc1. The molecular weight excluding hydrogens is 374 g/mol. The average Bonchev–Trinajstić information content (AvgIpc) is 3.25. The third-order valence-corrected chi connectivity index (χ3v) is 4.81. The molecule has 2 heterocycles. The Balaban J connectivity index is 1.70. The highest BCUT2D eigenvalue weighted by atomic mass is 16.2. The second-order valence-corrected chi connectivity index (χ2v) is 6.93. The molecule has 0 atom stereocenters. The predicted molar refractivity (Wildman–Crippen MR) is 118 cm³/mol. The molecule has 0 aliphatic rings. The maximum atomic E-state index is 13.3. The number of para-hydroxylation sites is 1. The van der Waals surface area contributed by atoms with Crippen LogP contribution in [0.2, 0.25) is 0 Å². The second-order valence-electron chi connectivity index (χ2n) is 6.93. The number of anilines is 1. The molecule has 1 amide bonds. The number of nitrogens with one attached hydrogen (secondary N) is 1. The lowest BCUT2D eigenvalue weighted by atomic mass is 10.1. The zero-order valence-corrected chi connectivity index (χ0v) is 17.0. The van der Waals surface area contributed by atoms with Crippen LogP contribution in [0.15, 0.2) is 85.3 Å². The quantitative estimate of drug-likeness (QED) is 0.490. The van der Waals surface area contributed by atoms with Crippen molar-refractivity contribution in [3.63, 3.8) is 0 Å². The molecule has 0 bridgehead atoms. The van der Waals surface area contributed by atoms with Gasteiger partial charge >= 0.3 is 0 Å². The fourth-order valence-electron chi connectivity index (χ4n) is 3.20. The molecule has 150 valence electrons. The Hall–Kier alpha value is -3.93. The summed E-state index contributed by atoms with van der Waals surface area (Å²) in [7, 11) is 0. The Kier molecular flexibility index (Phi) is 5.57. The summed E-state index contributed by atoms with van der Waals surface area (Å²) < 4.78 is 1.72. The van der Waals surface area contributed by atoms with Gasteiger partial charge in [0.05, 0.1) is 16.9 Å². The van der Waals surface area contributed by atoms with Crippen LogP contribution in [0, 0.1) is 6.92 Å². The van der Waals surface area contributed by atoms with E-state index in [0.717, 1.165) is 16.9 Å². The van der Waals surface area contributed by atoms with Crippen LogP contribution in [0.25, 0.3) is 16.9 Å². The highest BCUT2D eigenvalue weighted by Gasteiger charge is 2.20. The molecule has 0 spiro atoms. The van der Waals surface area contributed by atoms with Crippen LogP contribution in [0.3, 0.4) is 0 Å². The summed E-state index contributed by atoms with van der Waals surface area (Å²) in [5.74, 6) is -0.224. The van der Waals surface area contributed by atoms with E-state index in [1.807, 2.05) is 85.6 Å². The van der Waals surface area contributed by atoms with Crippen molar-refractivity contribution in [2.75, 3.05) is 11.6 Å². The Labute approximate surface area is 175 Å². The first-order valence-electron chi connectivity index (χ1n) is 9.86. The minimum absolute atomic E-state index is 0.224. The van der Waals surface area contributed by atoms with Gasteiger partial charge in [0.1, 0.15) is 5.69 Å². The summed E-state index contributed by atoms with van der Waals surface area (Å²) in [5.41, 5.74) is 7.85. The highest BCUT2D eigenvalue weighted by molar-refractivity contribution is 6.00. The van der Waals surface area contributed by atoms with E-state index >= 15 is 0 Å². The molecule has 2 aromatic carbocycles. The summed E-state index contributed by atoms with van der Waals surface area (Å²) in [4.78, 5) is 17.5. The molecule has 2 aromatic heterocycles. The molecule has 6 heteroatoms. The van der Waals surface area contributed by atoms with Crippen LogP contribution in [0.4, 0.5) is 5.69 Å². The predicted octanol–water partition coefficient (Wildman–Crippen LogP) is 4.41. The van der Waals surface area contributed by atoms with E-state index in [9.17, 15) is 4.79 Å². The number of rotatable bonds is 6. The van der Waals surface area contributed by atoms with E-state index in [4.69, 9.17) is 0 Å². The minimum Gasteiger partial charge on any atom is -0.286 e. The standard InChI is InChI=1S/C24H23N5O/c1-3-28(21-13-11-18(2)12-14-21)27-24(30)22-17-29(20-9-5-4-6-10-20)26-23(22)19-8-7-15-25-16-19/h4-17H,3H2,1-2H3,(H,27,30). The number of carbonyl (C=O) groups is 1. The largest absolute Gasteiger partial charge is 0.286 e. The Morgan fingerprint density at radius 2 is 1.80 bits per heavy atom. The van der Waals surface area contributed by atoms with E-state index in [1.54, 1.807) is 23.3 Å². The van der Waals surface area contributed by atoms with E-state index < -0.39 is 0 Å². The number of nitrogens with zero attached hydrogens (tertiary/aromatic N) is 4. The number of carbonyl (C=O) groups excluding carboxylic acids is 1. The first-order valence-corrected chi connectivity index (χ1v) is 9.86. The summed E-state index contributed by atoms with van der Waals surface area (Å²) in [6.07, 6.45) is 5.18. The lowest BCUT2D eigenvalue weighted by Crippen LogP contribution is -2.42. The molecule has 30 heavy (non-hydrogen) atoms. The zero-order valence-electron chi connectivity index (χ0n) is 17.0. The summed E-state index contributed by atoms with van der Waals surface area (Å²) in [6, 6.07) is 21.5. The van der Waals surface area contributed by atoms with Gasteiger partial charge in [-0.05, 0) is 50.2 Å². The number of aromatic nitrogens is 3. The topological polar surface area (TPSA) is 63.1 Å². The molecule has 4 aromatic rings. The van der Waals surface area contributed by atoms with Crippen molar-refractivity contribution in [3.8, 4) is 16.9 Å². The Bertz CT molecular complexity index is 1120. The summed E-state index contributed by atoms with van der Waals surface area (Å²) in [5, 5.41) is 6.51. The maximum absolute atomic E-state index is 13.3. The van der Waals surface area contributed by atoms with Crippen LogP contribution in [0.5, 0.6) is 0 Å². The van der Waals surface area contributed by atoms with E-state index in [1.165, 1.54) is 5.56 Å². The van der Waals surface area contributed by atoms with Gasteiger partial charge in [-0.15, -0.1) is 0 Å². The van der Waals surface area contributed by atoms with Gasteiger partial charge in [-0.2, -0.15) is 5.10 Å². The van der Waals surface area contributed by atoms with Crippen LogP contribution in [0.1, 0.15) is 22.8 Å². The summed E-state index contributed by atoms with van der Waals surface area (Å²) in [6.45, 7) is 4.66. The number of amides is 1. The molecule has 1 N–H and O–H groups in total. The second kappa shape index (κ2) is 8.61. The third-order valence-electron chi connectivity index (χ3n) is 4.81. The molecule has 0 fully saturated rings. The number of aryl methyl sites for hydroxylation is 1. The van der Waals surface area contributed by atoms with Gasteiger partial charge in [0.25, 0.3) is 5.91 Å². The Morgan fingerprint density at radius 1 is 1.03 bits per heavy atom. The molecular formula is C24H23N5O. The van der Waals surface area contributed by atoms with E-state index in [-0.39, 0.29) is 5.91 Å². The van der Waals surface area contributed by atoms with Gasteiger partial charge in [0, 0.05) is 30.7 Å². The van der Waals surface area contributed by atoms with Gasteiger partial charge in [-0.25, -0.2) is 4.68 Å². The summed E-state index contributed by atoms with van der Waals surface area (Å²) >= 11 is 0. The van der Waals surface area contributed by atoms with Crippen LogP contribution in [-0.2, 0) is 0 Å². The lowest BCUT2D eigenvalue weighted by molar-refractivity contribution is 0.0950. The zero-order chi connectivity index (χ0) is 20.9. The molecule has 6 nitrogen and oxygen atoms in total. The average molecular weight is 397 g/mol. The molecule has 0 aliphatic heterocycles. The van der Waals surface area contributed by atoms with Crippen molar-refractivity contribution >= 4 is 11.6 Å². The fourth-order valence-corrected chi connectivity index (χ4v) is 3.20. The van der Waals surface area contributed by atoms with Crippen LogP contribution in [-0.4, -0.2) is 27.2 Å². The smallest absolute Gasteiger partial charge is 0.273 e. The van der Waals surface area contributed by atoms with Gasteiger partial charge in [-0.3, -0.25) is 20.2 Å². The van der Waals surface area contributed by atoms with Crippen molar-refractivity contribution in [2.24, 2.45) is 0 Å². The number of hydrogen-bond donors (Lipinski definition) is 1. The normalized spacial score (nSPS) is 10.6. The number of hydrazine groups is 1. The van der Waals surface area contributed by atoms with Crippen molar-refractivity contribution in [1.82, 2.24) is 20.2 Å².